The third kappa shape index (κ3) is 1.80. The summed E-state index contributed by atoms with van der Waals surface area (Å²) in [5.74, 6) is 0.649. The number of ether oxygens (including phenoxy) is 1. The van der Waals surface area contributed by atoms with Gasteiger partial charge in [-0.25, -0.2) is 0 Å². The van der Waals surface area contributed by atoms with E-state index in [0.29, 0.717) is 5.92 Å². The Hall–Kier alpha value is -0.340. The lowest BCUT2D eigenvalue weighted by Crippen LogP contribution is -2.35. The fourth-order valence-corrected chi connectivity index (χ4v) is 0.891. The highest BCUT2D eigenvalue weighted by Gasteiger charge is 2.08. The van der Waals surface area contributed by atoms with E-state index in [1.54, 1.807) is 7.11 Å². The van der Waals surface area contributed by atoms with Crippen molar-refractivity contribution in [1.29, 1.82) is 0 Å². The Kier molecular flexibility index (Phi) is 2.25. The van der Waals surface area contributed by atoms with Crippen molar-refractivity contribution in [1.82, 2.24) is 5.32 Å². The highest BCUT2D eigenvalue weighted by atomic mass is 16.5. The van der Waals surface area contributed by atoms with E-state index in [9.17, 15) is 0 Å². The topological polar surface area (TPSA) is 21.3 Å². The predicted molar refractivity (Wildman–Crippen MR) is 37.1 cm³/mol. The van der Waals surface area contributed by atoms with Gasteiger partial charge >= 0.3 is 0 Å². The van der Waals surface area contributed by atoms with Crippen LogP contribution in [-0.4, -0.2) is 19.9 Å². The standard InChI is InChI=1S/C7H13NO/c1-6-3-4-7(9-2)8-5-6/h3-4,6-8H,5H2,1-2H3. The molecule has 0 radical (unpaired) electrons. The Balaban J connectivity index is 2.38. The summed E-state index contributed by atoms with van der Waals surface area (Å²) in [6.45, 7) is 3.20. The van der Waals surface area contributed by atoms with Crippen LogP contribution in [0.15, 0.2) is 12.2 Å². The van der Waals surface area contributed by atoms with E-state index in [1.807, 2.05) is 6.08 Å². The molecule has 1 aliphatic rings. The van der Waals surface area contributed by atoms with Crippen LogP contribution in [0.3, 0.4) is 0 Å². The molecule has 1 N–H and O–H groups in total. The fraction of sp³-hybridized carbons (Fsp3) is 0.714. The molecule has 0 aromatic carbocycles. The quantitative estimate of drug-likeness (QED) is 0.525. The minimum absolute atomic E-state index is 0.140. The second kappa shape index (κ2) is 2.99. The van der Waals surface area contributed by atoms with Gasteiger partial charge in [0.25, 0.3) is 0 Å². The Morgan fingerprint density at radius 3 is 2.78 bits per heavy atom. The summed E-state index contributed by atoms with van der Waals surface area (Å²) in [5.41, 5.74) is 0. The molecular weight excluding hydrogens is 114 g/mol. The molecule has 1 heterocycles. The first-order valence-corrected chi connectivity index (χ1v) is 3.27. The van der Waals surface area contributed by atoms with E-state index >= 15 is 0 Å². The maximum absolute atomic E-state index is 5.04. The molecule has 52 valence electrons. The van der Waals surface area contributed by atoms with Crippen molar-refractivity contribution < 1.29 is 4.74 Å². The lowest BCUT2D eigenvalue weighted by atomic mass is 10.1. The van der Waals surface area contributed by atoms with Gasteiger partial charge in [-0.1, -0.05) is 13.0 Å². The summed E-state index contributed by atoms with van der Waals surface area (Å²) in [5, 5.41) is 3.21. The highest BCUT2D eigenvalue weighted by Crippen LogP contribution is 2.03. The lowest BCUT2D eigenvalue weighted by Gasteiger charge is -2.20. The van der Waals surface area contributed by atoms with Gasteiger partial charge in [-0.3, -0.25) is 5.32 Å². The van der Waals surface area contributed by atoms with Crippen LogP contribution in [0, 0.1) is 5.92 Å². The van der Waals surface area contributed by atoms with Crippen molar-refractivity contribution in [3.05, 3.63) is 12.2 Å². The zero-order valence-electron chi connectivity index (χ0n) is 5.92. The first kappa shape index (κ1) is 6.78. The Morgan fingerprint density at radius 2 is 2.33 bits per heavy atom. The number of rotatable bonds is 1. The summed E-state index contributed by atoms with van der Waals surface area (Å²) in [6.07, 6.45) is 4.36. The molecule has 0 fully saturated rings. The molecule has 0 aliphatic carbocycles. The smallest absolute Gasteiger partial charge is 0.126 e. The second-order valence-electron chi connectivity index (χ2n) is 2.43. The van der Waals surface area contributed by atoms with Crippen molar-refractivity contribution in [3.8, 4) is 0 Å². The summed E-state index contributed by atoms with van der Waals surface area (Å²) in [7, 11) is 1.71. The van der Waals surface area contributed by atoms with E-state index in [1.165, 1.54) is 0 Å². The van der Waals surface area contributed by atoms with Gasteiger partial charge in [0, 0.05) is 13.7 Å². The van der Waals surface area contributed by atoms with Crippen LogP contribution in [0.4, 0.5) is 0 Å². The van der Waals surface area contributed by atoms with E-state index in [-0.39, 0.29) is 6.23 Å². The van der Waals surface area contributed by atoms with Crippen molar-refractivity contribution in [2.45, 2.75) is 13.2 Å². The monoisotopic (exact) mass is 127 g/mol. The molecule has 0 aromatic heterocycles. The summed E-state index contributed by atoms with van der Waals surface area (Å²) < 4.78 is 5.04. The molecule has 0 amide bonds. The predicted octanol–water partition coefficient (Wildman–Crippen LogP) is 0.754. The van der Waals surface area contributed by atoms with Crippen molar-refractivity contribution in [3.63, 3.8) is 0 Å². The third-order valence-corrected chi connectivity index (χ3v) is 1.51. The Labute approximate surface area is 55.9 Å². The maximum Gasteiger partial charge on any atom is 0.126 e. The van der Waals surface area contributed by atoms with E-state index in [2.05, 4.69) is 18.3 Å². The summed E-state index contributed by atoms with van der Waals surface area (Å²) in [4.78, 5) is 0. The SMILES string of the molecule is COC1C=CC(C)CN1. The van der Waals surface area contributed by atoms with Crippen LogP contribution in [0.5, 0.6) is 0 Å². The third-order valence-electron chi connectivity index (χ3n) is 1.51. The molecule has 0 saturated carbocycles. The van der Waals surface area contributed by atoms with Crippen LogP contribution < -0.4 is 5.32 Å². The van der Waals surface area contributed by atoms with Gasteiger partial charge in [-0.2, -0.15) is 0 Å². The van der Waals surface area contributed by atoms with Gasteiger partial charge in [0.05, 0.1) is 0 Å². The second-order valence-corrected chi connectivity index (χ2v) is 2.43. The normalized spacial score (nSPS) is 34.9. The molecule has 2 heteroatoms. The van der Waals surface area contributed by atoms with Gasteiger partial charge in [0.2, 0.25) is 0 Å². The molecule has 0 saturated heterocycles. The Bertz CT molecular complexity index is 111. The first-order valence-electron chi connectivity index (χ1n) is 3.27. The lowest BCUT2D eigenvalue weighted by molar-refractivity contribution is 0.105. The van der Waals surface area contributed by atoms with Gasteiger partial charge in [-0.15, -0.1) is 0 Å². The van der Waals surface area contributed by atoms with Crippen molar-refractivity contribution >= 4 is 0 Å². The van der Waals surface area contributed by atoms with Crippen LogP contribution in [0.1, 0.15) is 6.92 Å². The average Bonchev–Trinajstić information content (AvgIpc) is 1.90. The van der Waals surface area contributed by atoms with Gasteiger partial charge in [0.1, 0.15) is 6.23 Å². The van der Waals surface area contributed by atoms with Gasteiger partial charge in [-0.05, 0) is 12.0 Å². The minimum atomic E-state index is 0.140. The molecule has 0 spiro atoms. The van der Waals surface area contributed by atoms with Gasteiger partial charge < -0.3 is 4.74 Å². The molecular formula is C7H13NO. The Morgan fingerprint density at radius 1 is 1.56 bits per heavy atom. The van der Waals surface area contributed by atoms with Crippen LogP contribution in [0.2, 0.25) is 0 Å². The molecule has 2 unspecified atom stereocenters. The van der Waals surface area contributed by atoms with Gasteiger partial charge in [0.15, 0.2) is 0 Å². The van der Waals surface area contributed by atoms with Crippen molar-refractivity contribution in [2.24, 2.45) is 5.92 Å². The number of hydrogen-bond donors (Lipinski definition) is 1. The molecule has 9 heavy (non-hydrogen) atoms. The maximum atomic E-state index is 5.04. The van der Waals surface area contributed by atoms with E-state index < -0.39 is 0 Å². The average molecular weight is 127 g/mol. The molecule has 0 aromatic rings. The summed E-state index contributed by atoms with van der Waals surface area (Å²) in [6, 6.07) is 0. The number of methoxy groups -OCH3 is 1. The first-order chi connectivity index (χ1) is 4.33. The molecule has 0 bridgehead atoms. The molecule has 2 atom stereocenters. The van der Waals surface area contributed by atoms with Crippen molar-refractivity contribution in [2.75, 3.05) is 13.7 Å². The largest absolute Gasteiger partial charge is 0.363 e. The highest BCUT2D eigenvalue weighted by molar-refractivity contribution is 4.96. The number of nitrogens with one attached hydrogen (secondary N) is 1. The molecule has 1 aliphatic heterocycles. The van der Waals surface area contributed by atoms with Crippen LogP contribution in [0.25, 0.3) is 0 Å². The van der Waals surface area contributed by atoms with E-state index in [0.717, 1.165) is 6.54 Å². The van der Waals surface area contributed by atoms with Crippen LogP contribution >= 0.6 is 0 Å². The number of hydrogen-bond acceptors (Lipinski definition) is 2. The fourth-order valence-electron chi connectivity index (χ4n) is 0.891. The van der Waals surface area contributed by atoms with Crippen LogP contribution in [-0.2, 0) is 4.74 Å². The summed E-state index contributed by atoms with van der Waals surface area (Å²) >= 11 is 0. The zero-order valence-corrected chi connectivity index (χ0v) is 5.92. The zero-order chi connectivity index (χ0) is 6.69. The molecule has 2 nitrogen and oxygen atoms in total. The minimum Gasteiger partial charge on any atom is -0.363 e. The van der Waals surface area contributed by atoms with E-state index in [4.69, 9.17) is 4.74 Å². The molecule has 1 rings (SSSR count).